The van der Waals surface area contributed by atoms with Gasteiger partial charge < -0.3 is 5.32 Å². The van der Waals surface area contributed by atoms with E-state index in [-0.39, 0.29) is 10.9 Å². The molecule has 16 heavy (non-hydrogen) atoms. The van der Waals surface area contributed by atoms with Crippen LogP contribution in [-0.4, -0.2) is 32.5 Å². The number of hydrogen-bond acceptors (Lipinski definition) is 8. The van der Waals surface area contributed by atoms with Crippen molar-refractivity contribution in [3.63, 3.8) is 0 Å². The van der Waals surface area contributed by atoms with Crippen molar-refractivity contribution in [3.8, 4) is 0 Å². The third-order valence-corrected chi connectivity index (χ3v) is 3.24. The van der Waals surface area contributed by atoms with Gasteiger partial charge in [0, 0.05) is 18.6 Å². The molecule has 84 valence electrons. The highest BCUT2D eigenvalue weighted by atomic mass is 32.1. The van der Waals surface area contributed by atoms with Crippen LogP contribution in [-0.2, 0) is 0 Å². The van der Waals surface area contributed by atoms with E-state index in [1.54, 1.807) is 14.0 Å². The number of aromatic nitrogens is 4. The lowest BCUT2D eigenvalue weighted by Crippen LogP contribution is -2.11. The Morgan fingerprint density at radius 2 is 2.12 bits per heavy atom. The maximum Gasteiger partial charge on any atom is 0.288 e. The number of nitrogens with one attached hydrogen (secondary N) is 2. The van der Waals surface area contributed by atoms with Crippen molar-refractivity contribution in [2.45, 2.75) is 6.92 Å². The average molecular weight is 256 g/mol. The molecule has 0 atom stereocenters. The molecule has 0 radical (unpaired) electrons. The molecule has 9 heteroatoms. The highest BCUT2D eigenvalue weighted by Crippen LogP contribution is 2.17. The Bertz CT molecular complexity index is 506. The van der Waals surface area contributed by atoms with Gasteiger partial charge in [0.05, 0.1) is 0 Å². The zero-order valence-corrected chi connectivity index (χ0v) is 10.1. The zero-order chi connectivity index (χ0) is 11.5. The van der Waals surface area contributed by atoms with Crippen LogP contribution in [0.4, 0.5) is 10.3 Å². The predicted molar refractivity (Wildman–Crippen MR) is 62.1 cm³/mol. The maximum absolute atomic E-state index is 11.7. The van der Waals surface area contributed by atoms with Crippen molar-refractivity contribution in [1.29, 1.82) is 0 Å². The average Bonchev–Trinajstić information content (AvgIpc) is 2.87. The van der Waals surface area contributed by atoms with Gasteiger partial charge >= 0.3 is 0 Å². The molecule has 0 bridgehead atoms. The second-order valence-electron chi connectivity index (χ2n) is 2.76. The molecule has 7 nitrogen and oxygen atoms in total. The number of amides is 1. The molecule has 0 spiro atoms. The molecule has 0 aromatic carbocycles. The summed E-state index contributed by atoms with van der Waals surface area (Å²) < 4.78 is 3.96. The van der Waals surface area contributed by atoms with E-state index in [0.717, 1.165) is 11.5 Å². The summed E-state index contributed by atoms with van der Waals surface area (Å²) in [6.07, 6.45) is 0. The number of anilines is 2. The Hall–Kier alpha value is -1.61. The molecule has 0 fully saturated rings. The minimum absolute atomic E-state index is 0.289. The van der Waals surface area contributed by atoms with Crippen molar-refractivity contribution in [1.82, 2.24) is 19.6 Å². The summed E-state index contributed by atoms with van der Waals surface area (Å²) in [6, 6.07) is 0. The van der Waals surface area contributed by atoms with Gasteiger partial charge in [-0.3, -0.25) is 10.1 Å². The van der Waals surface area contributed by atoms with E-state index in [0.29, 0.717) is 16.1 Å². The van der Waals surface area contributed by atoms with Gasteiger partial charge in [0.25, 0.3) is 5.91 Å². The van der Waals surface area contributed by atoms with Crippen molar-refractivity contribution < 1.29 is 4.79 Å². The lowest BCUT2D eigenvalue weighted by atomic mass is 10.6. The first-order valence-corrected chi connectivity index (χ1v) is 5.91. The summed E-state index contributed by atoms with van der Waals surface area (Å²) >= 11 is 2.31. The van der Waals surface area contributed by atoms with Crippen LogP contribution in [0.3, 0.4) is 0 Å². The maximum atomic E-state index is 11.7. The monoisotopic (exact) mass is 256 g/mol. The smallest absolute Gasteiger partial charge is 0.288 e. The standard InChI is InChI=1S/C7H8N6OS2/c1-3-9-7(16-13-3)10-4(14)5-11-12-6(8-2)15-5/h1-2H3,(H,8,12)(H,9,10,13,14). The van der Waals surface area contributed by atoms with E-state index in [1.165, 1.54) is 11.3 Å². The molecule has 2 aromatic heterocycles. The summed E-state index contributed by atoms with van der Waals surface area (Å²) in [7, 11) is 1.72. The van der Waals surface area contributed by atoms with Crippen LogP contribution in [0, 0.1) is 6.92 Å². The Labute approximate surface area is 99.1 Å². The molecule has 0 unspecified atom stereocenters. The second kappa shape index (κ2) is 4.49. The summed E-state index contributed by atoms with van der Waals surface area (Å²) in [6.45, 7) is 1.76. The molecule has 0 saturated heterocycles. The molecular weight excluding hydrogens is 248 g/mol. The number of nitrogens with zero attached hydrogens (tertiary/aromatic N) is 4. The number of hydrogen-bond donors (Lipinski definition) is 2. The van der Waals surface area contributed by atoms with E-state index in [1.807, 2.05) is 0 Å². The summed E-state index contributed by atoms with van der Waals surface area (Å²) in [5.41, 5.74) is 0. The van der Waals surface area contributed by atoms with Crippen LogP contribution in [0.1, 0.15) is 15.6 Å². The van der Waals surface area contributed by atoms with Crippen LogP contribution in [0.25, 0.3) is 0 Å². The highest BCUT2D eigenvalue weighted by Gasteiger charge is 2.14. The topological polar surface area (TPSA) is 92.7 Å². The van der Waals surface area contributed by atoms with Crippen LogP contribution in [0.15, 0.2) is 0 Å². The van der Waals surface area contributed by atoms with Crippen molar-refractivity contribution in [2.75, 3.05) is 17.7 Å². The molecule has 2 aromatic rings. The van der Waals surface area contributed by atoms with Crippen LogP contribution in [0.2, 0.25) is 0 Å². The normalized spacial score (nSPS) is 10.1. The van der Waals surface area contributed by atoms with E-state index in [4.69, 9.17) is 0 Å². The molecule has 2 rings (SSSR count). The van der Waals surface area contributed by atoms with Crippen molar-refractivity contribution >= 4 is 39.0 Å². The first-order chi connectivity index (χ1) is 7.69. The van der Waals surface area contributed by atoms with E-state index >= 15 is 0 Å². The summed E-state index contributed by atoms with van der Waals surface area (Å²) in [4.78, 5) is 15.7. The van der Waals surface area contributed by atoms with E-state index < -0.39 is 0 Å². The fourth-order valence-corrected chi connectivity index (χ4v) is 2.08. The Morgan fingerprint density at radius 1 is 1.31 bits per heavy atom. The largest absolute Gasteiger partial charge is 0.363 e. The van der Waals surface area contributed by atoms with Gasteiger partial charge in [-0.05, 0) is 6.92 Å². The van der Waals surface area contributed by atoms with Gasteiger partial charge in [-0.2, -0.15) is 4.37 Å². The molecule has 1 amide bonds. The first kappa shape index (κ1) is 10.9. The lowest BCUT2D eigenvalue weighted by molar-refractivity contribution is 0.102. The Balaban J connectivity index is 2.08. The predicted octanol–water partition coefficient (Wildman–Crippen LogP) is 0.992. The molecule has 2 heterocycles. The number of aryl methyl sites for hydroxylation is 1. The van der Waals surface area contributed by atoms with E-state index in [2.05, 4.69) is 30.2 Å². The Kier molecular flexibility index (Phi) is 3.06. The SMILES string of the molecule is CNc1nnc(C(=O)Nc2nc(C)ns2)s1. The molecule has 0 aliphatic rings. The summed E-state index contributed by atoms with van der Waals surface area (Å²) in [5.74, 6) is 0.309. The highest BCUT2D eigenvalue weighted by molar-refractivity contribution is 7.17. The van der Waals surface area contributed by atoms with Gasteiger partial charge in [0.15, 0.2) is 0 Å². The van der Waals surface area contributed by atoms with Crippen molar-refractivity contribution in [3.05, 3.63) is 10.8 Å². The number of carbonyl (C=O) groups is 1. The van der Waals surface area contributed by atoms with Gasteiger partial charge in [0.2, 0.25) is 15.3 Å². The van der Waals surface area contributed by atoms with Crippen LogP contribution in [0.5, 0.6) is 0 Å². The minimum Gasteiger partial charge on any atom is -0.363 e. The van der Waals surface area contributed by atoms with E-state index in [9.17, 15) is 4.79 Å². The molecular formula is C7H8N6OS2. The quantitative estimate of drug-likeness (QED) is 0.850. The molecule has 2 N–H and O–H groups in total. The summed E-state index contributed by atoms with van der Waals surface area (Å²) in [5, 5.41) is 14.3. The van der Waals surface area contributed by atoms with Gasteiger partial charge in [0.1, 0.15) is 5.82 Å². The number of carbonyl (C=O) groups excluding carboxylic acids is 1. The lowest BCUT2D eigenvalue weighted by Gasteiger charge is -1.94. The first-order valence-electron chi connectivity index (χ1n) is 4.32. The Morgan fingerprint density at radius 3 is 2.69 bits per heavy atom. The van der Waals surface area contributed by atoms with Gasteiger partial charge in [-0.1, -0.05) is 11.3 Å². The zero-order valence-electron chi connectivity index (χ0n) is 8.51. The van der Waals surface area contributed by atoms with Crippen LogP contribution >= 0.6 is 22.9 Å². The molecule has 0 aliphatic carbocycles. The molecule has 0 saturated carbocycles. The molecule has 0 aliphatic heterocycles. The van der Waals surface area contributed by atoms with Crippen molar-refractivity contribution in [2.24, 2.45) is 0 Å². The number of rotatable bonds is 3. The third kappa shape index (κ3) is 2.31. The van der Waals surface area contributed by atoms with Gasteiger partial charge in [-0.25, -0.2) is 4.98 Å². The van der Waals surface area contributed by atoms with Crippen LogP contribution < -0.4 is 10.6 Å². The minimum atomic E-state index is -0.324. The fraction of sp³-hybridized carbons (Fsp3) is 0.286. The third-order valence-electron chi connectivity index (χ3n) is 1.58. The fourth-order valence-electron chi connectivity index (χ4n) is 0.914. The second-order valence-corrected chi connectivity index (χ2v) is 4.49. The van der Waals surface area contributed by atoms with Gasteiger partial charge in [-0.15, -0.1) is 10.2 Å².